The average Bonchev–Trinajstić information content (AvgIpc) is 2.98. The molecule has 1 aliphatic heterocycles. The molecule has 4 atom stereocenters. The topological polar surface area (TPSA) is 130 Å². The fourth-order valence-corrected chi connectivity index (χ4v) is 2.84. The number of rotatable bonds is 5. The molecule has 10 nitrogen and oxygen atoms in total. The molecule has 11 heteroatoms. The number of nitrogens with zero attached hydrogens (tertiary/aromatic N) is 2. The Morgan fingerprint density at radius 2 is 1.97 bits per heavy atom. The van der Waals surface area contributed by atoms with Crippen molar-refractivity contribution in [2.24, 2.45) is 0 Å². The Morgan fingerprint density at radius 1 is 1.28 bits per heavy atom. The van der Waals surface area contributed by atoms with Crippen LogP contribution in [-0.4, -0.2) is 51.7 Å². The summed E-state index contributed by atoms with van der Waals surface area (Å²) >= 11 is 0. The van der Waals surface area contributed by atoms with Gasteiger partial charge in [0.1, 0.15) is 18.4 Å². The molecule has 1 aromatic carbocycles. The Labute approximate surface area is 163 Å². The summed E-state index contributed by atoms with van der Waals surface area (Å²) in [5.41, 5.74) is -1.51. The lowest BCUT2D eigenvalue weighted by molar-refractivity contribution is -0.152. The van der Waals surface area contributed by atoms with Crippen LogP contribution in [0.5, 0.6) is 0 Å². The SMILES string of the molecule is CC(=O)O[C@H]1[C@H](F)[C@H](n2nc(C)c(=O)[nH]c2=O)O[C@@H]1COC(=O)c1ccccc1. The standard InChI is InChI=1S/C18H18FN3O7/c1-9-15(24)20-18(26)22(21-9)16-13(19)14(28-10(2)23)12(29-16)8-27-17(25)11-6-4-3-5-7-11/h3-7,12-14,16H,8H2,1-2H3,(H,20,24,26)/t12-,13+,14-,16-/m1/s1. The molecule has 0 amide bonds. The first-order valence-corrected chi connectivity index (χ1v) is 8.66. The molecule has 0 bridgehead atoms. The van der Waals surface area contributed by atoms with Crippen LogP contribution in [0.15, 0.2) is 39.9 Å². The summed E-state index contributed by atoms with van der Waals surface area (Å²) < 4.78 is 31.2. The maximum atomic E-state index is 15.0. The van der Waals surface area contributed by atoms with Gasteiger partial charge in [-0.15, -0.1) is 0 Å². The van der Waals surface area contributed by atoms with E-state index in [1.54, 1.807) is 18.2 Å². The first kappa shape index (κ1) is 20.4. The third-order valence-corrected chi connectivity index (χ3v) is 4.21. The normalized spacial score (nSPS) is 23.6. The van der Waals surface area contributed by atoms with Crippen molar-refractivity contribution < 1.29 is 28.2 Å². The zero-order valence-electron chi connectivity index (χ0n) is 15.5. The highest BCUT2D eigenvalue weighted by atomic mass is 19.1. The van der Waals surface area contributed by atoms with Crippen LogP contribution in [0.25, 0.3) is 0 Å². The molecule has 1 fully saturated rings. The number of esters is 2. The van der Waals surface area contributed by atoms with Gasteiger partial charge in [0.05, 0.1) is 5.56 Å². The van der Waals surface area contributed by atoms with Crippen molar-refractivity contribution in [1.29, 1.82) is 0 Å². The van der Waals surface area contributed by atoms with Crippen LogP contribution in [0.2, 0.25) is 0 Å². The van der Waals surface area contributed by atoms with Crippen LogP contribution in [-0.2, 0) is 19.0 Å². The molecule has 1 aliphatic rings. The van der Waals surface area contributed by atoms with E-state index in [1.807, 2.05) is 4.98 Å². The molecule has 0 spiro atoms. The molecule has 0 saturated carbocycles. The van der Waals surface area contributed by atoms with Gasteiger partial charge in [-0.3, -0.25) is 14.6 Å². The third kappa shape index (κ3) is 4.40. The van der Waals surface area contributed by atoms with Crippen LogP contribution in [0.1, 0.15) is 29.2 Å². The van der Waals surface area contributed by atoms with E-state index in [4.69, 9.17) is 14.2 Å². The number of H-pyrrole nitrogens is 1. The summed E-state index contributed by atoms with van der Waals surface area (Å²) in [6, 6.07) is 8.09. The van der Waals surface area contributed by atoms with E-state index in [-0.39, 0.29) is 11.3 Å². The Kier molecular flexibility index (Phi) is 5.87. The minimum atomic E-state index is -1.99. The van der Waals surface area contributed by atoms with Gasteiger partial charge in [0, 0.05) is 6.92 Å². The van der Waals surface area contributed by atoms with E-state index < -0.39 is 54.4 Å². The molecule has 1 N–H and O–H groups in total. The minimum Gasteiger partial charge on any atom is -0.459 e. The fraction of sp³-hybridized carbons (Fsp3) is 0.389. The van der Waals surface area contributed by atoms with Gasteiger partial charge in [-0.25, -0.2) is 14.0 Å². The van der Waals surface area contributed by atoms with E-state index in [0.29, 0.717) is 4.68 Å². The van der Waals surface area contributed by atoms with Crippen LogP contribution < -0.4 is 11.2 Å². The lowest BCUT2D eigenvalue weighted by Crippen LogP contribution is -2.40. The number of aromatic nitrogens is 3. The van der Waals surface area contributed by atoms with E-state index in [9.17, 15) is 23.6 Å². The number of hydrogen-bond donors (Lipinski definition) is 1. The number of aromatic amines is 1. The van der Waals surface area contributed by atoms with Crippen molar-refractivity contribution in [3.63, 3.8) is 0 Å². The lowest BCUT2D eigenvalue weighted by atomic mass is 10.1. The number of carbonyl (C=O) groups is 2. The van der Waals surface area contributed by atoms with Gasteiger partial charge in [0.2, 0.25) is 0 Å². The van der Waals surface area contributed by atoms with Gasteiger partial charge in [-0.1, -0.05) is 18.2 Å². The summed E-state index contributed by atoms with van der Waals surface area (Å²) in [7, 11) is 0. The summed E-state index contributed by atoms with van der Waals surface area (Å²) in [5, 5.41) is 3.74. The molecule has 0 radical (unpaired) electrons. The van der Waals surface area contributed by atoms with Crippen LogP contribution in [0.4, 0.5) is 4.39 Å². The van der Waals surface area contributed by atoms with Gasteiger partial charge >= 0.3 is 17.6 Å². The number of ether oxygens (including phenoxy) is 3. The van der Waals surface area contributed by atoms with Crippen molar-refractivity contribution in [3.8, 4) is 0 Å². The first-order chi connectivity index (χ1) is 13.8. The second-order valence-electron chi connectivity index (χ2n) is 6.34. The Morgan fingerprint density at radius 3 is 2.62 bits per heavy atom. The highest BCUT2D eigenvalue weighted by Crippen LogP contribution is 2.33. The summed E-state index contributed by atoms with van der Waals surface area (Å²) in [5.74, 6) is -1.45. The average molecular weight is 407 g/mol. The Balaban J connectivity index is 1.81. The predicted molar refractivity (Wildman–Crippen MR) is 94.9 cm³/mol. The molecule has 0 unspecified atom stereocenters. The Bertz CT molecular complexity index is 1020. The molecule has 29 heavy (non-hydrogen) atoms. The van der Waals surface area contributed by atoms with Crippen molar-refractivity contribution in [3.05, 3.63) is 62.4 Å². The minimum absolute atomic E-state index is 0.0802. The molecule has 154 valence electrons. The summed E-state index contributed by atoms with van der Waals surface area (Å²) in [6.45, 7) is 1.99. The monoisotopic (exact) mass is 407 g/mol. The number of nitrogens with one attached hydrogen (secondary N) is 1. The second kappa shape index (κ2) is 8.35. The van der Waals surface area contributed by atoms with E-state index >= 15 is 0 Å². The number of aryl methyl sites for hydroxylation is 1. The lowest BCUT2D eigenvalue weighted by Gasteiger charge is -2.18. The van der Waals surface area contributed by atoms with Crippen molar-refractivity contribution in [2.45, 2.75) is 38.5 Å². The van der Waals surface area contributed by atoms with Crippen LogP contribution in [0, 0.1) is 6.92 Å². The van der Waals surface area contributed by atoms with Gasteiger partial charge in [0.15, 0.2) is 18.5 Å². The number of halogens is 1. The number of benzene rings is 1. The molecule has 0 aliphatic carbocycles. The van der Waals surface area contributed by atoms with Crippen molar-refractivity contribution >= 4 is 11.9 Å². The smallest absolute Gasteiger partial charge is 0.347 e. The van der Waals surface area contributed by atoms with Gasteiger partial charge in [0.25, 0.3) is 5.56 Å². The fourth-order valence-electron chi connectivity index (χ4n) is 2.84. The maximum absolute atomic E-state index is 15.0. The largest absolute Gasteiger partial charge is 0.459 e. The molecule has 1 saturated heterocycles. The van der Waals surface area contributed by atoms with E-state index in [0.717, 1.165) is 6.92 Å². The first-order valence-electron chi connectivity index (χ1n) is 8.66. The zero-order valence-corrected chi connectivity index (χ0v) is 15.5. The Hall–Kier alpha value is -3.34. The summed E-state index contributed by atoms with van der Waals surface area (Å²) in [4.78, 5) is 49.0. The van der Waals surface area contributed by atoms with E-state index in [1.165, 1.54) is 19.1 Å². The quantitative estimate of drug-likeness (QED) is 0.699. The molecule has 3 rings (SSSR count). The molecular weight excluding hydrogens is 389 g/mol. The molecule has 2 aromatic rings. The maximum Gasteiger partial charge on any atom is 0.347 e. The number of alkyl halides is 1. The van der Waals surface area contributed by atoms with Gasteiger partial charge in [-0.05, 0) is 19.1 Å². The van der Waals surface area contributed by atoms with Crippen molar-refractivity contribution in [2.75, 3.05) is 6.61 Å². The van der Waals surface area contributed by atoms with Gasteiger partial charge in [-0.2, -0.15) is 9.78 Å². The predicted octanol–water partition coefficient (Wildman–Crippen LogP) is 0.264. The zero-order chi connectivity index (χ0) is 21.1. The molecule has 1 aromatic heterocycles. The highest BCUT2D eigenvalue weighted by Gasteiger charge is 2.50. The van der Waals surface area contributed by atoms with Crippen LogP contribution >= 0.6 is 0 Å². The number of hydrogen-bond acceptors (Lipinski definition) is 8. The van der Waals surface area contributed by atoms with E-state index in [2.05, 4.69) is 5.10 Å². The third-order valence-electron chi connectivity index (χ3n) is 4.21. The van der Waals surface area contributed by atoms with Gasteiger partial charge < -0.3 is 14.2 Å². The van der Waals surface area contributed by atoms with Crippen molar-refractivity contribution in [1.82, 2.24) is 14.8 Å². The van der Waals surface area contributed by atoms with Crippen LogP contribution in [0.3, 0.4) is 0 Å². The number of carbonyl (C=O) groups excluding carboxylic acids is 2. The molecule has 2 heterocycles. The second-order valence-corrected chi connectivity index (χ2v) is 6.34. The summed E-state index contributed by atoms with van der Waals surface area (Å²) in [6.07, 6.45) is -6.20. The highest BCUT2D eigenvalue weighted by molar-refractivity contribution is 5.89. The molecular formula is C18H18FN3O7.